The van der Waals surface area contributed by atoms with Gasteiger partial charge >= 0.3 is 47.4 Å². The Kier molecular flexibility index (Phi) is 10.7. The first-order chi connectivity index (χ1) is 15.7. The average Bonchev–Trinajstić information content (AvgIpc) is 2.66. The maximum absolute atomic E-state index is 14.0. The van der Waals surface area contributed by atoms with Crippen LogP contribution in [0.2, 0.25) is 0 Å². The largest absolute Gasteiger partial charge is 0.384 e. The van der Waals surface area contributed by atoms with E-state index in [0.29, 0.717) is 12.8 Å². The second-order valence-electron chi connectivity index (χ2n) is 8.28. The quantitative estimate of drug-likeness (QED) is 0.0700. The number of alkyl halides is 17. The zero-order chi connectivity index (χ0) is 29.4. The topological polar surface area (TPSA) is 0 Å². The van der Waals surface area contributed by atoms with E-state index in [0.717, 1.165) is 22.6 Å². The second-order valence-corrected chi connectivity index (χ2v) is 10.0. The van der Waals surface area contributed by atoms with E-state index in [-0.39, 0.29) is 12.5 Å². The Labute approximate surface area is 209 Å². The van der Waals surface area contributed by atoms with Gasteiger partial charge < -0.3 is 0 Å². The van der Waals surface area contributed by atoms with Gasteiger partial charge in [0.05, 0.1) is 0 Å². The highest BCUT2D eigenvalue weighted by Crippen LogP contribution is 2.64. The van der Waals surface area contributed by atoms with Gasteiger partial charge in [0.25, 0.3) is 0 Å². The molecule has 0 spiro atoms. The summed E-state index contributed by atoms with van der Waals surface area (Å²) >= 11 is 1.06. The molecule has 0 nitrogen and oxygen atoms in total. The standard InChI is InChI=1S/C19H21F16I/c1-4-6-10(3)8-11(36)9-13(22,23)15(26,27)17(30,31)19(34,35)18(32,33)16(28,29)14(24,25)12(20,21)7-5-2/h5,10-11H,2,4,6-9H2,1,3H3. The van der Waals surface area contributed by atoms with Crippen LogP contribution in [0.25, 0.3) is 0 Å². The summed E-state index contributed by atoms with van der Waals surface area (Å²) in [5, 5.41) is 0. The highest BCUT2D eigenvalue weighted by molar-refractivity contribution is 14.1. The van der Waals surface area contributed by atoms with Gasteiger partial charge in [0.1, 0.15) is 0 Å². The SMILES string of the molecule is C=CCC(F)(F)C(F)(F)C(F)(F)C(F)(F)C(F)(F)C(F)(F)C(F)(F)C(F)(F)CC(I)CC(C)CCC. The number of hydrogen-bond donors (Lipinski definition) is 0. The van der Waals surface area contributed by atoms with Crippen molar-refractivity contribution in [2.45, 2.75) is 97.3 Å². The molecule has 0 aromatic carbocycles. The van der Waals surface area contributed by atoms with Crippen LogP contribution in [-0.4, -0.2) is 51.3 Å². The summed E-state index contributed by atoms with van der Waals surface area (Å²) in [6, 6.07) is 0. The molecule has 0 bridgehead atoms. The maximum Gasteiger partial charge on any atom is 0.384 e. The van der Waals surface area contributed by atoms with Crippen molar-refractivity contribution in [3.05, 3.63) is 12.7 Å². The van der Waals surface area contributed by atoms with Crippen molar-refractivity contribution >= 4 is 22.6 Å². The first kappa shape index (κ1) is 35.4. The fourth-order valence-corrected chi connectivity index (χ4v) is 4.52. The molecule has 0 N–H and O–H groups in total. The Bertz CT molecular complexity index is 746. The lowest BCUT2D eigenvalue weighted by Crippen LogP contribution is -2.74. The molecule has 0 aromatic rings. The Morgan fingerprint density at radius 3 is 1.31 bits per heavy atom. The first-order valence-electron chi connectivity index (χ1n) is 9.93. The van der Waals surface area contributed by atoms with Crippen LogP contribution in [0.4, 0.5) is 70.2 Å². The number of allylic oxidation sites excluding steroid dienone is 1. The Hall–Kier alpha value is -0.650. The Morgan fingerprint density at radius 1 is 0.639 bits per heavy atom. The molecule has 0 saturated heterocycles. The lowest BCUT2D eigenvalue weighted by atomic mass is 9.86. The summed E-state index contributed by atoms with van der Waals surface area (Å²) in [4.78, 5) is 0. The van der Waals surface area contributed by atoms with Gasteiger partial charge in [0.15, 0.2) is 0 Å². The highest BCUT2D eigenvalue weighted by Gasteiger charge is 2.94. The fourth-order valence-electron chi connectivity index (χ4n) is 3.09. The van der Waals surface area contributed by atoms with E-state index in [2.05, 4.69) is 6.58 Å². The van der Waals surface area contributed by atoms with Crippen molar-refractivity contribution < 1.29 is 70.2 Å². The third-order valence-electron chi connectivity index (χ3n) is 5.21. The van der Waals surface area contributed by atoms with Gasteiger partial charge in [-0.15, -0.1) is 6.58 Å². The Balaban J connectivity index is 6.50. The van der Waals surface area contributed by atoms with Crippen molar-refractivity contribution in [1.82, 2.24) is 0 Å². The number of rotatable bonds is 15. The molecule has 0 amide bonds. The first-order valence-corrected chi connectivity index (χ1v) is 11.2. The van der Waals surface area contributed by atoms with E-state index in [4.69, 9.17) is 0 Å². The minimum Gasteiger partial charge on any atom is -0.200 e. The van der Waals surface area contributed by atoms with Crippen LogP contribution in [0.5, 0.6) is 0 Å². The third-order valence-corrected chi connectivity index (χ3v) is 6.16. The molecule has 17 heteroatoms. The summed E-state index contributed by atoms with van der Waals surface area (Å²) < 4.78 is 219. The molecule has 0 aliphatic carbocycles. The predicted octanol–water partition coefficient (Wildman–Crippen LogP) is 9.66. The van der Waals surface area contributed by atoms with E-state index in [1.165, 1.54) is 6.92 Å². The van der Waals surface area contributed by atoms with Crippen molar-refractivity contribution in [2.75, 3.05) is 0 Å². The van der Waals surface area contributed by atoms with Crippen molar-refractivity contribution in [3.63, 3.8) is 0 Å². The van der Waals surface area contributed by atoms with E-state index in [1.807, 2.05) is 0 Å². The van der Waals surface area contributed by atoms with Crippen LogP contribution in [0.1, 0.15) is 46.0 Å². The molecule has 0 heterocycles. The number of hydrogen-bond acceptors (Lipinski definition) is 0. The molecule has 0 aliphatic heterocycles. The van der Waals surface area contributed by atoms with E-state index >= 15 is 0 Å². The van der Waals surface area contributed by atoms with Gasteiger partial charge in [-0.25, -0.2) is 0 Å². The summed E-state index contributed by atoms with van der Waals surface area (Å²) in [7, 11) is 0. The molecule has 2 atom stereocenters. The average molecular weight is 680 g/mol. The van der Waals surface area contributed by atoms with Crippen LogP contribution < -0.4 is 0 Å². The molecule has 216 valence electrons. The second kappa shape index (κ2) is 10.8. The van der Waals surface area contributed by atoms with Gasteiger partial charge in [-0.2, -0.15) is 70.2 Å². The summed E-state index contributed by atoms with van der Waals surface area (Å²) in [5.41, 5.74) is 0. The highest BCUT2D eigenvalue weighted by atomic mass is 127. The van der Waals surface area contributed by atoms with Crippen LogP contribution in [0.15, 0.2) is 12.7 Å². The molecule has 36 heavy (non-hydrogen) atoms. The van der Waals surface area contributed by atoms with Crippen molar-refractivity contribution in [2.24, 2.45) is 5.92 Å². The summed E-state index contributed by atoms with van der Waals surface area (Å²) in [6.07, 6.45) is -4.68. The lowest BCUT2D eigenvalue weighted by Gasteiger charge is -2.43. The molecule has 0 saturated carbocycles. The van der Waals surface area contributed by atoms with Crippen LogP contribution >= 0.6 is 22.6 Å². The maximum atomic E-state index is 14.0. The number of halogens is 17. The summed E-state index contributed by atoms with van der Waals surface area (Å²) in [6.45, 7) is 5.47. The third kappa shape index (κ3) is 5.69. The molecular weight excluding hydrogens is 659 g/mol. The summed E-state index contributed by atoms with van der Waals surface area (Å²) in [5.74, 6) is -61.1. The molecular formula is C19H21F16I. The lowest BCUT2D eigenvalue weighted by molar-refractivity contribution is -0.453. The normalized spacial score (nSPS) is 17.2. The van der Waals surface area contributed by atoms with Crippen LogP contribution in [0.3, 0.4) is 0 Å². The molecule has 0 aliphatic rings. The molecule has 2 unspecified atom stereocenters. The van der Waals surface area contributed by atoms with E-state index in [1.54, 1.807) is 6.92 Å². The van der Waals surface area contributed by atoms with E-state index in [9.17, 15) is 70.2 Å². The van der Waals surface area contributed by atoms with Gasteiger partial charge in [0, 0.05) is 16.8 Å². The molecule has 0 fully saturated rings. The smallest absolute Gasteiger partial charge is 0.200 e. The van der Waals surface area contributed by atoms with Crippen molar-refractivity contribution in [3.8, 4) is 0 Å². The van der Waals surface area contributed by atoms with Crippen molar-refractivity contribution in [1.29, 1.82) is 0 Å². The Morgan fingerprint density at radius 2 is 0.972 bits per heavy atom. The molecule has 0 radical (unpaired) electrons. The van der Waals surface area contributed by atoms with Gasteiger partial charge in [0.2, 0.25) is 0 Å². The van der Waals surface area contributed by atoms with Crippen LogP contribution in [0, 0.1) is 5.92 Å². The zero-order valence-corrected chi connectivity index (χ0v) is 20.6. The van der Waals surface area contributed by atoms with Crippen LogP contribution in [-0.2, 0) is 0 Å². The zero-order valence-electron chi connectivity index (χ0n) is 18.4. The predicted molar refractivity (Wildman–Crippen MR) is 106 cm³/mol. The van der Waals surface area contributed by atoms with E-state index < -0.39 is 70.1 Å². The molecule has 0 rings (SSSR count). The minimum absolute atomic E-state index is 0.245. The molecule has 0 aromatic heterocycles. The van der Waals surface area contributed by atoms with Gasteiger partial charge in [-0.05, 0) is 12.3 Å². The van der Waals surface area contributed by atoms with Gasteiger partial charge in [-0.1, -0.05) is 55.4 Å². The fraction of sp³-hybridized carbons (Fsp3) is 0.895. The van der Waals surface area contributed by atoms with Gasteiger partial charge in [-0.3, -0.25) is 0 Å². The minimum atomic E-state index is -8.38. The monoisotopic (exact) mass is 680 g/mol.